The molecule has 0 radical (unpaired) electrons. The molecule has 0 N–H and O–H groups in total. The van der Waals surface area contributed by atoms with E-state index in [0.717, 1.165) is 31.6 Å². The first-order valence-electron chi connectivity index (χ1n) is 7.59. The standard InChI is InChI=1S/C16H19NO5/c18-14-15(19)22-16(21-14)9-4-5-10-17(16)11-6-12-20-13-7-2-1-3-8-13/h1-3,7-8H,4-6,9-12H2. The molecule has 6 nitrogen and oxygen atoms in total. The van der Waals surface area contributed by atoms with Crippen LogP contribution in [-0.4, -0.2) is 42.4 Å². The van der Waals surface area contributed by atoms with Crippen molar-refractivity contribution in [1.82, 2.24) is 4.90 Å². The Morgan fingerprint density at radius 1 is 1.09 bits per heavy atom. The van der Waals surface area contributed by atoms with E-state index in [-0.39, 0.29) is 0 Å². The summed E-state index contributed by atoms with van der Waals surface area (Å²) in [5.74, 6) is -2.14. The lowest BCUT2D eigenvalue weighted by Crippen LogP contribution is -2.53. The van der Waals surface area contributed by atoms with Gasteiger partial charge in [0.05, 0.1) is 6.61 Å². The molecule has 3 rings (SSSR count). The molecule has 2 saturated heterocycles. The second-order valence-electron chi connectivity index (χ2n) is 5.45. The van der Waals surface area contributed by atoms with Crippen molar-refractivity contribution in [3.05, 3.63) is 30.3 Å². The van der Waals surface area contributed by atoms with Gasteiger partial charge in [-0.3, -0.25) is 0 Å². The molecule has 2 aliphatic heterocycles. The highest BCUT2D eigenvalue weighted by Gasteiger charge is 2.53. The highest BCUT2D eigenvalue weighted by Crippen LogP contribution is 2.34. The molecule has 0 aromatic heterocycles. The van der Waals surface area contributed by atoms with Gasteiger partial charge < -0.3 is 14.2 Å². The summed E-state index contributed by atoms with van der Waals surface area (Å²) in [5.41, 5.74) is 0. The Hall–Kier alpha value is -2.08. The van der Waals surface area contributed by atoms with Crippen LogP contribution in [-0.2, 0) is 19.1 Å². The average molecular weight is 305 g/mol. The van der Waals surface area contributed by atoms with Crippen molar-refractivity contribution in [2.24, 2.45) is 0 Å². The molecule has 0 unspecified atom stereocenters. The summed E-state index contributed by atoms with van der Waals surface area (Å²) < 4.78 is 16.1. The molecule has 2 heterocycles. The molecule has 0 amide bonds. The van der Waals surface area contributed by atoms with E-state index in [9.17, 15) is 9.59 Å². The van der Waals surface area contributed by atoms with Crippen molar-refractivity contribution < 1.29 is 23.8 Å². The van der Waals surface area contributed by atoms with Gasteiger partial charge in [0.15, 0.2) is 0 Å². The van der Waals surface area contributed by atoms with Crippen molar-refractivity contribution >= 4 is 11.9 Å². The number of benzene rings is 1. The van der Waals surface area contributed by atoms with Gasteiger partial charge in [-0.2, -0.15) is 0 Å². The fourth-order valence-electron chi connectivity index (χ4n) is 2.85. The van der Waals surface area contributed by atoms with Crippen LogP contribution in [0.2, 0.25) is 0 Å². The van der Waals surface area contributed by atoms with Gasteiger partial charge in [0, 0.05) is 19.5 Å². The topological polar surface area (TPSA) is 65.1 Å². The van der Waals surface area contributed by atoms with Crippen LogP contribution in [0, 0.1) is 0 Å². The maximum absolute atomic E-state index is 11.4. The van der Waals surface area contributed by atoms with Crippen LogP contribution in [0.4, 0.5) is 0 Å². The average Bonchev–Trinajstić information content (AvgIpc) is 2.81. The number of esters is 2. The number of carbonyl (C=O) groups excluding carboxylic acids is 2. The molecule has 6 heteroatoms. The molecule has 0 bridgehead atoms. The molecule has 1 aromatic rings. The lowest BCUT2D eigenvalue weighted by atomic mass is 10.1. The van der Waals surface area contributed by atoms with Gasteiger partial charge in [0.25, 0.3) is 0 Å². The van der Waals surface area contributed by atoms with Gasteiger partial charge in [-0.1, -0.05) is 18.2 Å². The van der Waals surface area contributed by atoms with Gasteiger partial charge in [0.2, 0.25) is 0 Å². The molecule has 0 saturated carbocycles. The SMILES string of the molecule is O=C1OC2(CCCCN2CCCOc2ccccc2)OC1=O. The minimum atomic E-state index is -1.18. The molecule has 22 heavy (non-hydrogen) atoms. The lowest BCUT2D eigenvalue weighted by molar-refractivity contribution is -0.263. The Balaban J connectivity index is 1.52. The first-order chi connectivity index (χ1) is 10.7. The Labute approximate surface area is 128 Å². The molecular formula is C16H19NO5. The fourth-order valence-corrected chi connectivity index (χ4v) is 2.85. The summed E-state index contributed by atoms with van der Waals surface area (Å²) in [5, 5.41) is 0. The normalized spacial score (nSPS) is 20.7. The van der Waals surface area contributed by atoms with Gasteiger partial charge in [-0.25, -0.2) is 14.5 Å². The largest absolute Gasteiger partial charge is 0.494 e. The number of ether oxygens (including phenoxy) is 3. The Morgan fingerprint density at radius 2 is 1.82 bits per heavy atom. The van der Waals surface area contributed by atoms with Crippen LogP contribution < -0.4 is 4.74 Å². The number of carbonyl (C=O) groups is 2. The monoisotopic (exact) mass is 305 g/mol. The van der Waals surface area contributed by atoms with Crippen LogP contribution in [0.25, 0.3) is 0 Å². The summed E-state index contributed by atoms with van der Waals surface area (Å²) in [7, 11) is 0. The number of piperidine rings is 1. The van der Waals surface area contributed by atoms with Crippen LogP contribution in [0.3, 0.4) is 0 Å². The zero-order valence-corrected chi connectivity index (χ0v) is 12.3. The number of nitrogens with zero attached hydrogens (tertiary/aromatic N) is 1. The van der Waals surface area contributed by atoms with Crippen LogP contribution >= 0.6 is 0 Å². The second kappa shape index (κ2) is 6.36. The van der Waals surface area contributed by atoms with Gasteiger partial charge in [0.1, 0.15) is 5.75 Å². The third-order valence-electron chi connectivity index (χ3n) is 3.91. The molecular weight excluding hydrogens is 286 g/mol. The molecule has 118 valence electrons. The summed E-state index contributed by atoms with van der Waals surface area (Å²) >= 11 is 0. The highest BCUT2D eigenvalue weighted by atomic mass is 16.8. The molecule has 2 fully saturated rings. The third kappa shape index (κ3) is 3.06. The summed E-state index contributed by atoms with van der Waals surface area (Å²) in [6, 6.07) is 9.59. The maximum atomic E-state index is 11.4. The van der Waals surface area contributed by atoms with E-state index in [1.165, 1.54) is 0 Å². The molecule has 0 atom stereocenters. The van der Waals surface area contributed by atoms with E-state index >= 15 is 0 Å². The minimum Gasteiger partial charge on any atom is -0.494 e. The summed E-state index contributed by atoms with van der Waals surface area (Å²) in [6.07, 6.45) is 3.16. The van der Waals surface area contributed by atoms with Gasteiger partial charge in [-0.15, -0.1) is 0 Å². The van der Waals surface area contributed by atoms with E-state index in [2.05, 4.69) is 0 Å². The Morgan fingerprint density at radius 3 is 2.55 bits per heavy atom. The Bertz CT molecular complexity index is 529. The number of likely N-dealkylation sites (tertiary alicyclic amines) is 1. The van der Waals surface area contributed by atoms with Crippen molar-refractivity contribution in [3.63, 3.8) is 0 Å². The van der Waals surface area contributed by atoms with Crippen LogP contribution in [0.15, 0.2) is 30.3 Å². The van der Waals surface area contributed by atoms with E-state index in [1.807, 2.05) is 35.2 Å². The van der Waals surface area contributed by atoms with Crippen LogP contribution in [0.5, 0.6) is 5.75 Å². The fraction of sp³-hybridized carbons (Fsp3) is 0.500. The first kappa shape index (κ1) is 14.8. The first-order valence-corrected chi connectivity index (χ1v) is 7.59. The molecule has 1 aromatic carbocycles. The van der Waals surface area contributed by atoms with Crippen LogP contribution in [0.1, 0.15) is 25.7 Å². The van der Waals surface area contributed by atoms with E-state index in [4.69, 9.17) is 14.2 Å². The third-order valence-corrected chi connectivity index (χ3v) is 3.91. The summed E-state index contributed by atoms with van der Waals surface area (Å²) in [6.45, 7) is 1.94. The molecule has 0 aliphatic carbocycles. The number of para-hydroxylation sites is 1. The number of rotatable bonds is 5. The van der Waals surface area contributed by atoms with Gasteiger partial charge in [-0.05, 0) is 31.4 Å². The van der Waals surface area contributed by atoms with E-state index in [0.29, 0.717) is 19.6 Å². The Kier molecular flexibility index (Phi) is 4.29. The zero-order valence-electron chi connectivity index (χ0n) is 12.3. The minimum absolute atomic E-state index is 0.532. The van der Waals surface area contributed by atoms with E-state index in [1.54, 1.807) is 0 Å². The predicted octanol–water partition coefficient (Wildman–Crippen LogP) is 1.70. The lowest BCUT2D eigenvalue weighted by Gasteiger charge is -2.40. The van der Waals surface area contributed by atoms with Crippen molar-refractivity contribution in [3.8, 4) is 5.75 Å². The quantitative estimate of drug-likeness (QED) is 0.468. The smallest absolute Gasteiger partial charge is 0.421 e. The predicted molar refractivity (Wildman–Crippen MR) is 76.9 cm³/mol. The molecule has 2 aliphatic rings. The number of hydrogen-bond donors (Lipinski definition) is 0. The number of hydrogen-bond acceptors (Lipinski definition) is 6. The second-order valence-corrected chi connectivity index (χ2v) is 5.45. The van der Waals surface area contributed by atoms with Crippen molar-refractivity contribution in [2.75, 3.05) is 19.7 Å². The van der Waals surface area contributed by atoms with Crippen molar-refractivity contribution in [2.45, 2.75) is 31.6 Å². The maximum Gasteiger partial charge on any atom is 0.421 e. The zero-order chi connectivity index (χ0) is 15.4. The van der Waals surface area contributed by atoms with E-state index < -0.39 is 17.8 Å². The van der Waals surface area contributed by atoms with Crippen molar-refractivity contribution in [1.29, 1.82) is 0 Å². The highest BCUT2D eigenvalue weighted by molar-refractivity contribution is 6.31. The molecule has 1 spiro atoms. The van der Waals surface area contributed by atoms with Gasteiger partial charge >= 0.3 is 17.8 Å². The summed E-state index contributed by atoms with van der Waals surface area (Å²) in [4.78, 5) is 24.6.